The zero-order valence-corrected chi connectivity index (χ0v) is 18.4. The first kappa shape index (κ1) is 23.1. The minimum absolute atomic E-state index is 0.0130. The van der Waals surface area contributed by atoms with Gasteiger partial charge in [0, 0.05) is 37.0 Å². The summed E-state index contributed by atoms with van der Waals surface area (Å²) < 4.78 is 10.9. The lowest BCUT2D eigenvalue weighted by Gasteiger charge is -2.15. The number of guanidine groups is 1. The first-order valence-corrected chi connectivity index (χ1v) is 10.2. The van der Waals surface area contributed by atoms with Crippen LogP contribution in [0.25, 0.3) is 0 Å². The first-order valence-electron chi connectivity index (χ1n) is 10.2. The molecule has 0 aliphatic carbocycles. The molecule has 0 radical (unpaired) electrons. The molecule has 0 aromatic heterocycles. The summed E-state index contributed by atoms with van der Waals surface area (Å²) >= 11 is 0. The molecule has 0 aliphatic heterocycles. The van der Waals surface area contributed by atoms with Crippen molar-refractivity contribution < 1.29 is 14.3 Å². The van der Waals surface area contributed by atoms with Gasteiger partial charge in [0.25, 0.3) is 0 Å². The van der Waals surface area contributed by atoms with Crippen molar-refractivity contribution in [3.8, 4) is 11.5 Å². The number of nitrogens with zero attached hydrogens (tertiary/aromatic N) is 1. The molecule has 1 atom stereocenters. The molecule has 2 aromatic rings. The number of methoxy groups -OCH3 is 1. The van der Waals surface area contributed by atoms with Gasteiger partial charge in [0.1, 0.15) is 0 Å². The van der Waals surface area contributed by atoms with Crippen LogP contribution < -0.4 is 25.4 Å². The van der Waals surface area contributed by atoms with E-state index in [9.17, 15) is 4.79 Å². The van der Waals surface area contributed by atoms with Crippen LogP contribution in [0.5, 0.6) is 11.5 Å². The van der Waals surface area contributed by atoms with Gasteiger partial charge in [-0.1, -0.05) is 26.0 Å². The second-order valence-corrected chi connectivity index (χ2v) is 6.85. The summed E-state index contributed by atoms with van der Waals surface area (Å²) in [6, 6.07) is 13.4. The van der Waals surface area contributed by atoms with E-state index in [1.807, 2.05) is 63.2 Å². The Morgan fingerprint density at radius 1 is 1.07 bits per heavy atom. The molecule has 2 aromatic carbocycles. The predicted octanol–water partition coefficient (Wildman–Crippen LogP) is 4.27. The molecule has 0 heterocycles. The fraction of sp³-hybridized carbons (Fsp3) is 0.391. The number of carbonyl (C=O) groups excluding carboxylic acids is 1. The van der Waals surface area contributed by atoms with Crippen molar-refractivity contribution in [2.75, 3.05) is 31.4 Å². The minimum atomic E-state index is -0.0130. The van der Waals surface area contributed by atoms with Crippen LogP contribution in [-0.4, -0.2) is 32.6 Å². The summed E-state index contributed by atoms with van der Waals surface area (Å²) in [5.41, 5.74) is 2.65. The van der Waals surface area contributed by atoms with Crippen molar-refractivity contribution in [2.45, 2.75) is 33.7 Å². The highest BCUT2D eigenvalue weighted by atomic mass is 16.5. The molecule has 162 valence electrons. The highest BCUT2D eigenvalue weighted by molar-refractivity contribution is 5.94. The van der Waals surface area contributed by atoms with Gasteiger partial charge in [-0.05, 0) is 43.2 Å². The highest BCUT2D eigenvalue weighted by Gasteiger charge is 2.11. The number of hydrogen-bond donors (Lipinski definition) is 3. The van der Waals surface area contributed by atoms with E-state index < -0.39 is 0 Å². The van der Waals surface area contributed by atoms with Crippen molar-refractivity contribution >= 4 is 23.2 Å². The maximum atomic E-state index is 12.1. The molecule has 1 amide bonds. The molecule has 3 N–H and O–H groups in total. The van der Waals surface area contributed by atoms with Gasteiger partial charge in [-0.25, -0.2) is 0 Å². The number of hydrogen-bond acceptors (Lipinski definition) is 4. The third-order valence-corrected chi connectivity index (χ3v) is 4.66. The van der Waals surface area contributed by atoms with E-state index in [1.165, 1.54) is 0 Å². The van der Waals surface area contributed by atoms with Gasteiger partial charge in [-0.3, -0.25) is 9.79 Å². The van der Waals surface area contributed by atoms with Crippen LogP contribution in [0, 0.1) is 5.92 Å². The third kappa shape index (κ3) is 6.69. The SMILES string of the molecule is CCOc1ccc(NC(=NC)NCc2cccc(NC(=O)C(C)CC)c2)cc1OC. The second kappa shape index (κ2) is 11.7. The minimum Gasteiger partial charge on any atom is -0.493 e. The van der Waals surface area contributed by atoms with E-state index in [-0.39, 0.29) is 11.8 Å². The van der Waals surface area contributed by atoms with E-state index in [0.29, 0.717) is 30.6 Å². The number of carbonyl (C=O) groups is 1. The maximum Gasteiger partial charge on any atom is 0.227 e. The first-order chi connectivity index (χ1) is 14.5. The van der Waals surface area contributed by atoms with Crippen LogP contribution in [0.2, 0.25) is 0 Å². The lowest BCUT2D eigenvalue weighted by molar-refractivity contribution is -0.119. The normalized spacial score (nSPS) is 12.1. The average molecular weight is 413 g/mol. The molecular formula is C23H32N4O3. The quantitative estimate of drug-likeness (QED) is 0.423. The molecule has 30 heavy (non-hydrogen) atoms. The van der Waals surface area contributed by atoms with E-state index in [0.717, 1.165) is 23.4 Å². The fourth-order valence-electron chi connectivity index (χ4n) is 2.73. The molecular weight excluding hydrogens is 380 g/mol. The van der Waals surface area contributed by atoms with Crippen molar-refractivity contribution in [1.82, 2.24) is 5.32 Å². The molecule has 1 unspecified atom stereocenters. The predicted molar refractivity (Wildman–Crippen MR) is 123 cm³/mol. The zero-order chi connectivity index (χ0) is 21.9. The summed E-state index contributed by atoms with van der Waals surface area (Å²) in [4.78, 5) is 16.4. The molecule has 0 saturated heterocycles. The van der Waals surface area contributed by atoms with Crippen LogP contribution >= 0.6 is 0 Å². The van der Waals surface area contributed by atoms with E-state index in [4.69, 9.17) is 9.47 Å². The smallest absolute Gasteiger partial charge is 0.227 e. The number of rotatable bonds is 9. The topological polar surface area (TPSA) is 84.0 Å². The fourth-order valence-corrected chi connectivity index (χ4v) is 2.73. The molecule has 0 saturated carbocycles. The van der Waals surface area contributed by atoms with Gasteiger partial charge < -0.3 is 25.4 Å². The van der Waals surface area contributed by atoms with Gasteiger partial charge in [-0.15, -0.1) is 0 Å². The summed E-state index contributed by atoms with van der Waals surface area (Å²) in [5, 5.41) is 9.49. The van der Waals surface area contributed by atoms with E-state index in [2.05, 4.69) is 20.9 Å². The Hall–Kier alpha value is -3.22. The molecule has 7 nitrogen and oxygen atoms in total. The number of nitrogens with one attached hydrogen (secondary N) is 3. The largest absolute Gasteiger partial charge is 0.493 e. The lowest BCUT2D eigenvalue weighted by atomic mass is 10.1. The van der Waals surface area contributed by atoms with Crippen molar-refractivity contribution in [2.24, 2.45) is 10.9 Å². The molecule has 0 spiro atoms. The summed E-state index contributed by atoms with van der Waals surface area (Å²) in [7, 11) is 3.33. The molecule has 0 bridgehead atoms. The van der Waals surface area contributed by atoms with Crippen LogP contribution in [-0.2, 0) is 11.3 Å². The molecule has 7 heteroatoms. The average Bonchev–Trinajstić information content (AvgIpc) is 2.77. The molecule has 0 aliphatic rings. The van der Waals surface area contributed by atoms with Gasteiger partial charge in [-0.2, -0.15) is 0 Å². The second-order valence-electron chi connectivity index (χ2n) is 6.85. The monoisotopic (exact) mass is 412 g/mol. The number of anilines is 2. The van der Waals surface area contributed by atoms with Gasteiger partial charge in [0.05, 0.1) is 13.7 Å². The van der Waals surface area contributed by atoms with Gasteiger partial charge >= 0.3 is 0 Å². The number of benzene rings is 2. The van der Waals surface area contributed by atoms with Crippen LogP contribution in [0.4, 0.5) is 11.4 Å². The van der Waals surface area contributed by atoms with Crippen LogP contribution in [0.15, 0.2) is 47.5 Å². The number of aliphatic imine (C=N–C) groups is 1. The van der Waals surface area contributed by atoms with Crippen LogP contribution in [0.3, 0.4) is 0 Å². The third-order valence-electron chi connectivity index (χ3n) is 4.66. The summed E-state index contributed by atoms with van der Waals surface area (Å²) in [6.45, 7) is 6.99. The Balaban J connectivity index is 1.99. The molecule has 2 rings (SSSR count). The maximum absolute atomic E-state index is 12.1. The van der Waals surface area contributed by atoms with E-state index in [1.54, 1.807) is 14.2 Å². The van der Waals surface area contributed by atoms with Crippen molar-refractivity contribution in [3.05, 3.63) is 48.0 Å². The Morgan fingerprint density at radius 2 is 1.83 bits per heavy atom. The summed E-state index contributed by atoms with van der Waals surface area (Å²) in [6.07, 6.45) is 0.811. The lowest BCUT2D eigenvalue weighted by Crippen LogP contribution is -2.30. The zero-order valence-electron chi connectivity index (χ0n) is 18.4. The standard InChI is InChI=1S/C23H32N4O3/c1-6-16(3)22(28)26-18-10-8-9-17(13-18)15-25-23(24-4)27-19-11-12-20(30-7-2)21(14-19)29-5/h8-14,16H,6-7,15H2,1-5H3,(H,26,28)(H2,24,25,27). The van der Waals surface area contributed by atoms with Crippen LogP contribution in [0.1, 0.15) is 32.8 Å². The number of amides is 1. The van der Waals surface area contributed by atoms with Gasteiger partial charge in [0.15, 0.2) is 17.5 Å². The van der Waals surface area contributed by atoms with Crippen molar-refractivity contribution in [1.29, 1.82) is 0 Å². The highest BCUT2D eigenvalue weighted by Crippen LogP contribution is 2.30. The molecule has 0 fully saturated rings. The Morgan fingerprint density at radius 3 is 2.50 bits per heavy atom. The van der Waals surface area contributed by atoms with Gasteiger partial charge in [0.2, 0.25) is 5.91 Å². The number of ether oxygens (including phenoxy) is 2. The Bertz CT molecular complexity index is 867. The Kier molecular flexibility index (Phi) is 9.00. The van der Waals surface area contributed by atoms with Crippen molar-refractivity contribution in [3.63, 3.8) is 0 Å². The Labute approximate surface area is 178 Å². The van der Waals surface area contributed by atoms with E-state index >= 15 is 0 Å². The summed E-state index contributed by atoms with van der Waals surface area (Å²) in [5.74, 6) is 1.99.